The van der Waals surface area contributed by atoms with E-state index in [-0.39, 0.29) is 22.7 Å². The van der Waals surface area contributed by atoms with E-state index < -0.39 is 0 Å². The maximum absolute atomic E-state index is 12.5. The number of ether oxygens (including phenoxy) is 1. The highest BCUT2D eigenvalue weighted by Gasteiger charge is 2.13. The van der Waals surface area contributed by atoms with Gasteiger partial charge in [-0.2, -0.15) is 0 Å². The van der Waals surface area contributed by atoms with Gasteiger partial charge in [-0.1, -0.05) is 18.2 Å². The molecule has 166 valence electrons. The second kappa shape index (κ2) is 9.85. The molecular weight excluding hydrogens is 506 g/mol. The summed E-state index contributed by atoms with van der Waals surface area (Å²) in [6.45, 7) is 0. The van der Waals surface area contributed by atoms with Gasteiger partial charge in [-0.15, -0.1) is 0 Å². The van der Waals surface area contributed by atoms with Crippen molar-refractivity contribution in [1.29, 1.82) is 0 Å². The van der Waals surface area contributed by atoms with Crippen LogP contribution in [0.3, 0.4) is 0 Å². The molecule has 9 heteroatoms. The molecule has 1 aromatic heterocycles. The Morgan fingerprint density at radius 2 is 1.61 bits per heavy atom. The van der Waals surface area contributed by atoms with Crippen molar-refractivity contribution in [2.75, 3.05) is 17.7 Å². The Kier molecular flexibility index (Phi) is 6.71. The predicted molar refractivity (Wildman–Crippen MR) is 135 cm³/mol. The third kappa shape index (κ3) is 5.39. The number of rotatable bonds is 5. The number of amides is 2. The fourth-order valence-electron chi connectivity index (χ4n) is 3.07. The molecule has 0 aliphatic rings. The van der Waals surface area contributed by atoms with Gasteiger partial charge in [0.25, 0.3) is 11.8 Å². The molecule has 0 aliphatic heterocycles. The zero-order chi connectivity index (χ0) is 23.4. The van der Waals surface area contributed by atoms with Gasteiger partial charge in [0.1, 0.15) is 11.3 Å². The summed E-state index contributed by atoms with van der Waals surface area (Å²) in [5.41, 5.74) is 2.32. The van der Waals surface area contributed by atoms with Crippen LogP contribution in [0.1, 0.15) is 20.9 Å². The molecule has 4 rings (SSSR count). The van der Waals surface area contributed by atoms with Crippen LogP contribution in [-0.4, -0.2) is 24.0 Å². The van der Waals surface area contributed by atoms with Crippen LogP contribution in [0, 0.1) is 0 Å². The van der Waals surface area contributed by atoms with E-state index in [9.17, 15) is 9.59 Å². The van der Waals surface area contributed by atoms with Crippen LogP contribution in [0.5, 0.6) is 5.75 Å². The van der Waals surface area contributed by atoms with Crippen LogP contribution >= 0.6 is 28.1 Å². The molecule has 4 aromatic rings. The molecule has 0 radical (unpaired) electrons. The number of carbonyl (C=O) groups is 2. The number of carbonyl (C=O) groups excluding carboxylic acids is 2. The Bertz CT molecular complexity index is 1320. The SMILES string of the molecule is COc1ccc(C(=O)NC(=S)Nc2ccc(NC(=O)c3cc4ccccc4o3)cc2)cc1Br. The fraction of sp³-hybridized carbons (Fsp3) is 0.0417. The number of thiocarbonyl (C=S) groups is 1. The molecule has 0 saturated heterocycles. The number of fused-ring (bicyclic) bond motifs is 1. The molecule has 2 amide bonds. The zero-order valence-electron chi connectivity index (χ0n) is 17.3. The minimum Gasteiger partial charge on any atom is -0.496 e. The van der Waals surface area contributed by atoms with E-state index in [1.807, 2.05) is 24.3 Å². The van der Waals surface area contributed by atoms with E-state index in [2.05, 4.69) is 31.9 Å². The van der Waals surface area contributed by atoms with Gasteiger partial charge >= 0.3 is 0 Å². The van der Waals surface area contributed by atoms with Gasteiger partial charge in [0.2, 0.25) is 0 Å². The summed E-state index contributed by atoms with van der Waals surface area (Å²) in [5, 5.41) is 9.37. The van der Waals surface area contributed by atoms with Crippen molar-refractivity contribution in [3.05, 3.63) is 88.6 Å². The Morgan fingerprint density at radius 1 is 0.909 bits per heavy atom. The normalized spacial score (nSPS) is 10.5. The van der Waals surface area contributed by atoms with Crippen molar-refractivity contribution >= 4 is 67.4 Å². The van der Waals surface area contributed by atoms with Crippen LogP contribution in [0.25, 0.3) is 11.0 Å². The summed E-state index contributed by atoms with van der Waals surface area (Å²) in [4.78, 5) is 24.9. The van der Waals surface area contributed by atoms with E-state index in [4.69, 9.17) is 21.4 Å². The van der Waals surface area contributed by atoms with Crippen molar-refractivity contribution in [2.24, 2.45) is 0 Å². The molecule has 33 heavy (non-hydrogen) atoms. The predicted octanol–water partition coefficient (Wildman–Crippen LogP) is 5.58. The van der Waals surface area contributed by atoms with Gasteiger partial charge in [0, 0.05) is 22.3 Å². The number of hydrogen-bond donors (Lipinski definition) is 3. The first-order valence-corrected chi connectivity index (χ1v) is 11.0. The maximum atomic E-state index is 12.5. The van der Waals surface area contributed by atoms with Gasteiger partial charge < -0.3 is 19.8 Å². The monoisotopic (exact) mass is 523 g/mol. The third-order valence-corrected chi connectivity index (χ3v) is 5.51. The Hall–Kier alpha value is -3.69. The highest BCUT2D eigenvalue weighted by atomic mass is 79.9. The molecule has 0 unspecified atom stereocenters. The lowest BCUT2D eigenvalue weighted by Crippen LogP contribution is -2.34. The first kappa shape index (κ1) is 22.5. The minimum atomic E-state index is -0.356. The molecule has 0 atom stereocenters. The summed E-state index contributed by atoms with van der Waals surface area (Å²) in [6.07, 6.45) is 0. The van der Waals surface area contributed by atoms with Crippen molar-refractivity contribution in [2.45, 2.75) is 0 Å². The average molecular weight is 524 g/mol. The number of methoxy groups -OCH3 is 1. The van der Waals surface area contributed by atoms with Crippen molar-refractivity contribution in [3.63, 3.8) is 0 Å². The third-order valence-electron chi connectivity index (χ3n) is 4.69. The van der Waals surface area contributed by atoms with E-state index in [1.54, 1.807) is 55.6 Å². The lowest BCUT2D eigenvalue weighted by Gasteiger charge is -2.11. The molecule has 0 aliphatic carbocycles. The smallest absolute Gasteiger partial charge is 0.291 e. The van der Waals surface area contributed by atoms with Crippen LogP contribution in [-0.2, 0) is 0 Å². The second-order valence-electron chi connectivity index (χ2n) is 6.94. The molecule has 0 fully saturated rings. The van der Waals surface area contributed by atoms with Gasteiger partial charge in [0.05, 0.1) is 11.6 Å². The Labute approximate surface area is 203 Å². The first-order valence-electron chi connectivity index (χ1n) is 9.79. The lowest BCUT2D eigenvalue weighted by atomic mass is 10.2. The molecule has 0 saturated carbocycles. The number of nitrogens with one attached hydrogen (secondary N) is 3. The summed E-state index contributed by atoms with van der Waals surface area (Å²) in [5.74, 6) is 0.151. The van der Waals surface area contributed by atoms with Crippen molar-refractivity contribution < 1.29 is 18.7 Å². The number of anilines is 2. The molecule has 3 aromatic carbocycles. The topological polar surface area (TPSA) is 92.6 Å². The van der Waals surface area contributed by atoms with Gasteiger partial charge in [0.15, 0.2) is 10.9 Å². The second-order valence-corrected chi connectivity index (χ2v) is 8.20. The van der Waals surface area contributed by atoms with E-state index >= 15 is 0 Å². The highest BCUT2D eigenvalue weighted by molar-refractivity contribution is 9.10. The summed E-state index contributed by atoms with van der Waals surface area (Å²) in [7, 11) is 1.55. The molecule has 0 bridgehead atoms. The van der Waals surface area contributed by atoms with Crippen LogP contribution in [0.15, 0.2) is 81.7 Å². The quantitative estimate of drug-likeness (QED) is 0.295. The molecule has 1 heterocycles. The molecule has 7 nitrogen and oxygen atoms in total. The van der Waals surface area contributed by atoms with E-state index in [0.29, 0.717) is 32.7 Å². The summed E-state index contributed by atoms with van der Waals surface area (Å²) >= 11 is 8.58. The molecule has 3 N–H and O–H groups in total. The van der Waals surface area contributed by atoms with Gasteiger partial charge in [-0.05, 0) is 82.7 Å². The maximum Gasteiger partial charge on any atom is 0.291 e. The number of hydrogen-bond acceptors (Lipinski definition) is 5. The van der Waals surface area contributed by atoms with E-state index in [0.717, 1.165) is 5.39 Å². The number of halogens is 1. The molecule has 0 spiro atoms. The van der Waals surface area contributed by atoms with Crippen LogP contribution in [0.2, 0.25) is 0 Å². The minimum absolute atomic E-state index is 0.144. The number of furan rings is 1. The average Bonchev–Trinajstić information content (AvgIpc) is 3.25. The standard InChI is InChI=1S/C24H18BrN3O4S/c1-31-20-11-6-15(12-18(20)25)22(29)28-24(33)27-17-9-7-16(8-10-17)26-23(30)21-13-14-4-2-3-5-19(14)32-21/h2-13H,1H3,(H,26,30)(H2,27,28,29,33). The molecular formula is C24H18BrN3O4S. The number of benzene rings is 3. The van der Waals surface area contributed by atoms with Crippen molar-refractivity contribution in [1.82, 2.24) is 5.32 Å². The number of para-hydroxylation sites is 1. The van der Waals surface area contributed by atoms with Crippen LogP contribution < -0.4 is 20.7 Å². The van der Waals surface area contributed by atoms with Gasteiger partial charge in [-0.25, -0.2) is 0 Å². The first-order chi connectivity index (χ1) is 15.9. The van der Waals surface area contributed by atoms with Crippen molar-refractivity contribution in [3.8, 4) is 5.75 Å². The van der Waals surface area contributed by atoms with Crippen LogP contribution in [0.4, 0.5) is 11.4 Å². The summed E-state index contributed by atoms with van der Waals surface area (Å²) < 4.78 is 11.4. The largest absolute Gasteiger partial charge is 0.496 e. The highest BCUT2D eigenvalue weighted by Crippen LogP contribution is 2.25. The lowest BCUT2D eigenvalue weighted by molar-refractivity contribution is 0.0975. The van der Waals surface area contributed by atoms with E-state index in [1.165, 1.54) is 0 Å². The Balaban J connectivity index is 1.34. The fourth-order valence-corrected chi connectivity index (χ4v) is 3.82. The Morgan fingerprint density at radius 3 is 2.27 bits per heavy atom. The summed E-state index contributed by atoms with van der Waals surface area (Å²) in [6, 6.07) is 21.0. The zero-order valence-corrected chi connectivity index (χ0v) is 19.7. The van der Waals surface area contributed by atoms with Gasteiger partial charge in [-0.3, -0.25) is 14.9 Å².